The number of ether oxygens (including phenoxy) is 2. The van der Waals surface area contributed by atoms with Crippen LogP contribution in [0.5, 0.6) is 11.5 Å². The summed E-state index contributed by atoms with van der Waals surface area (Å²) >= 11 is 1.17. The molecule has 1 unspecified atom stereocenters. The van der Waals surface area contributed by atoms with Crippen LogP contribution in [0.3, 0.4) is 0 Å². The third-order valence-corrected chi connectivity index (χ3v) is 4.47. The SMILES string of the molecule is O=C(Nc1cnns1)N1CCCC1c1ccc2c(c1)OCO2. The van der Waals surface area contributed by atoms with Crippen LogP contribution in [0, 0.1) is 0 Å². The van der Waals surface area contributed by atoms with Gasteiger partial charge in [-0.2, -0.15) is 0 Å². The molecular formula is C14H14N4O3S. The summed E-state index contributed by atoms with van der Waals surface area (Å²) < 4.78 is 14.5. The number of benzene rings is 1. The topological polar surface area (TPSA) is 76.6 Å². The van der Waals surface area contributed by atoms with Gasteiger partial charge in [-0.15, -0.1) is 5.10 Å². The van der Waals surface area contributed by atoms with Gasteiger partial charge >= 0.3 is 6.03 Å². The Bertz CT molecular complexity index is 691. The van der Waals surface area contributed by atoms with E-state index >= 15 is 0 Å². The summed E-state index contributed by atoms with van der Waals surface area (Å²) in [6.07, 6.45) is 3.47. The number of nitrogens with zero attached hydrogens (tertiary/aromatic N) is 3. The van der Waals surface area contributed by atoms with Crippen molar-refractivity contribution in [3.63, 3.8) is 0 Å². The first-order chi connectivity index (χ1) is 10.8. The minimum Gasteiger partial charge on any atom is -0.454 e. The van der Waals surface area contributed by atoms with E-state index < -0.39 is 0 Å². The summed E-state index contributed by atoms with van der Waals surface area (Å²) in [7, 11) is 0. The number of likely N-dealkylation sites (tertiary alicyclic amines) is 1. The van der Waals surface area contributed by atoms with Gasteiger partial charge in [-0.25, -0.2) is 4.79 Å². The zero-order chi connectivity index (χ0) is 14.9. The van der Waals surface area contributed by atoms with Crippen LogP contribution in [0.25, 0.3) is 0 Å². The van der Waals surface area contributed by atoms with Crippen LogP contribution in [-0.4, -0.2) is 33.9 Å². The third kappa shape index (κ3) is 2.35. The highest BCUT2D eigenvalue weighted by molar-refractivity contribution is 7.10. The van der Waals surface area contributed by atoms with E-state index in [1.165, 1.54) is 11.5 Å². The fraction of sp³-hybridized carbons (Fsp3) is 0.357. The first kappa shape index (κ1) is 13.3. The molecule has 1 N–H and O–H groups in total. The molecule has 114 valence electrons. The van der Waals surface area contributed by atoms with Crippen molar-refractivity contribution in [2.24, 2.45) is 0 Å². The Balaban J connectivity index is 1.54. The maximum atomic E-state index is 12.4. The second kappa shape index (κ2) is 5.45. The molecule has 0 radical (unpaired) electrons. The monoisotopic (exact) mass is 318 g/mol. The van der Waals surface area contributed by atoms with Crippen LogP contribution in [0.2, 0.25) is 0 Å². The number of aromatic nitrogens is 2. The largest absolute Gasteiger partial charge is 0.454 e. The molecule has 2 amide bonds. The number of carbonyl (C=O) groups excluding carboxylic acids is 1. The molecule has 7 nitrogen and oxygen atoms in total. The standard InChI is InChI=1S/C14H14N4O3S/c19-14(16-13-7-15-17-22-13)18-5-1-2-10(18)9-3-4-11-12(6-9)21-8-20-11/h3-4,6-7,10H,1-2,5,8H2,(H,16,19). The molecule has 2 aliphatic heterocycles. The molecule has 0 saturated carbocycles. The molecule has 2 aromatic rings. The number of hydrogen-bond donors (Lipinski definition) is 1. The molecule has 1 aromatic carbocycles. The van der Waals surface area contributed by atoms with E-state index in [0.717, 1.165) is 36.4 Å². The lowest BCUT2D eigenvalue weighted by atomic mass is 10.0. The zero-order valence-electron chi connectivity index (χ0n) is 11.7. The minimum absolute atomic E-state index is 0.0513. The number of amides is 2. The Morgan fingerprint density at radius 1 is 1.36 bits per heavy atom. The Morgan fingerprint density at radius 2 is 2.27 bits per heavy atom. The zero-order valence-corrected chi connectivity index (χ0v) is 12.5. The van der Waals surface area contributed by atoms with Gasteiger partial charge in [0.2, 0.25) is 6.79 Å². The summed E-state index contributed by atoms with van der Waals surface area (Å²) in [5, 5.41) is 7.22. The van der Waals surface area contributed by atoms with Crippen molar-refractivity contribution in [3.05, 3.63) is 30.0 Å². The van der Waals surface area contributed by atoms with E-state index in [1.54, 1.807) is 6.20 Å². The van der Waals surface area contributed by atoms with Gasteiger partial charge in [0.15, 0.2) is 11.5 Å². The number of carbonyl (C=O) groups is 1. The van der Waals surface area contributed by atoms with Crippen molar-refractivity contribution in [1.29, 1.82) is 0 Å². The molecule has 0 spiro atoms. The van der Waals surface area contributed by atoms with E-state index in [0.29, 0.717) is 5.00 Å². The highest BCUT2D eigenvalue weighted by Crippen LogP contribution is 2.39. The van der Waals surface area contributed by atoms with Crippen molar-refractivity contribution in [3.8, 4) is 11.5 Å². The number of urea groups is 1. The van der Waals surface area contributed by atoms with E-state index in [1.807, 2.05) is 23.1 Å². The number of rotatable bonds is 2. The fourth-order valence-electron chi connectivity index (χ4n) is 2.88. The molecule has 0 aliphatic carbocycles. The van der Waals surface area contributed by atoms with E-state index in [2.05, 4.69) is 14.9 Å². The Morgan fingerprint density at radius 3 is 3.14 bits per heavy atom. The van der Waals surface area contributed by atoms with Crippen LogP contribution in [0.15, 0.2) is 24.4 Å². The lowest BCUT2D eigenvalue weighted by molar-refractivity contribution is 0.173. The van der Waals surface area contributed by atoms with Crippen molar-refractivity contribution in [2.45, 2.75) is 18.9 Å². The van der Waals surface area contributed by atoms with Crippen LogP contribution in [-0.2, 0) is 0 Å². The van der Waals surface area contributed by atoms with Gasteiger partial charge in [0, 0.05) is 18.1 Å². The summed E-state index contributed by atoms with van der Waals surface area (Å²) in [5.41, 5.74) is 1.07. The van der Waals surface area contributed by atoms with E-state index in [4.69, 9.17) is 9.47 Å². The third-order valence-electron chi connectivity index (χ3n) is 3.89. The predicted molar refractivity (Wildman–Crippen MR) is 80.2 cm³/mol. The molecule has 2 aliphatic rings. The molecule has 8 heteroatoms. The predicted octanol–water partition coefficient (Wildman–Crippen LogP) is 2.64. The van der Waals surface area contributed by atoms with Crippen molar-refractivity contribution in [2.75, 3.05) is 18.7 Å². The van der Waals surface area contributed by atoms with Crippen LogP contribution in [0.1, 0.15) is 24.4 Å². The number of fused-ring (bicyclic) bond motifs is 1. The molecule has 3 heterocycles. The Kier molecular flexibility index (Phi) is 3.30. The molecule has 22 heavy (non-hydrogen) atoms. The van der Waals surface area contributed by atoms with Crippen molar-refractivity contribution >= 4 is 22.6 Å². The number of anilines is 1. The molecule has 0 bridgehead atoms. The summed E-state index contributed by atoms with van der Waals surface area (Å²) in [5.74, 6) is 1.50. The molecular weight excluding hydrogens is 304 g/mol. The molecule has 4 rings (SSSR count). The lowest BCUT2D eigenvalue weighted by Crippen LogP contribution is -2.34. The van der Waals surface area contributed by atoms with Gasteiger partial charge < -0.3 is 14.4 Å². The fourth-order valence-corrected chi connectivity index (χ4v) is 3.29. The van der Waals surface area contributed by atoms with Gasteiger partial charge in [0.05, 0.1) is 12.2 Å². The highest BCUT2D eigenvalue weighted by atomic mass is 32.1. The van der Waals surface area contributed by atoms with Gasteiger partial charge in [-0.05, 0) is 30.5 Å². The molecule has 1 fully saturated rings. The smallest absolute Gasteiger partial charge is 0.323 e. The second-order valence-electron chi connectivity index (χ2n) is 5.18. The van der Waals surface area contributed by atoms with Gasteiger partial charge in [0.1, 0.15) is 5.00 Å². The van der Waals surface area contributed by atoms with Gasteiger partial charge in [0.25, 0.3) is 0 Å². The first-order valence-corrected chi connectivity index (χ1v) is 7.83. The Labute approximate surface area is 131 Å². The van der Waals surface area contributed by atoms with Crippen LogP contribution in [0.4, 0.5) is 9.80 Å². The number of hydrogen-bond acceptors (Lipinski definition) is 6. The van der Waals surface area contributed by atoms with Crippen LogP contribution < -0.4 is 14.8 Å². The summed E-state index contributed by atoms with van der Waals surface area (Å²) in [6, 6.07) is 5.80. The quantitative estimate of drug-likeness (QED) is 0.921. The summed E-state index contributed by atoms with van der Waals surface area (Å²) in [6.45, 7) is 0.989. The average Bonchev–Trinajstić information content (AvgIpc) is 3.27. The van der Waals surface area contributed by atoms with Crippen molar-refractivity contribution < 1.29 is 14.3 Å². The van der Waals surface area contributed by atoms with Crippen molar-refractivity contribution in [1.82, 2.24) is 14.5 Å². The highest BCUT2D eigenvalue weighted by Gasteiger charge is 2.31. The van der Waals surface area contributed by atoms with Gasteiger partial charge in [-0.3, -0.25) is 5.32 Å². The lowest BCUT2D eigenvalue weighted by Gasteiger charge is -2.25. The Hall–Kier alpha value is -2.35. The second-order valence-corrected chi connectivity index (χ2v) is 5.96. The van der Waals surface area contributed by atoms with Crippen LogP contribution >= 0.6 is 11.5 Å². The maximum absolute atomic E-state index is 12.4. The average molecular weight is 318 g/mol. The summed E-state index contributed by atoms with van der Waals surface area (Å²) in [4.78, 5) is 14.3. The molecule has 1 saturated heterocycles. The van der Waals surface area contributed by atoms with E-state index in [9.17, 15) is 4.79 Å². The van der Waals surface area contributed by atoms with E-state index in [-0.39, 0.29) is 18.9 Å². The maximum Gasteiger partial charge on any atom is 0.323 e. The normalized spacial score (nSPS) is 19.5. The first-order valence-electron chi connectivity index (χ1n) is 7.06. The number of nitrogens with one attached hydrogen (secondary N) is 1. The minimum atomic E-state index is -0.119. The van der Waals surface area contributed by atoms with Gasteiger partial charge in [-0.1, -0.05) is 10.6 Å². The molecule has 1 atom stereocenters. The molecule has 1 aromatic heterocycles.